The van der Waals surface area contributed by atoms with Crippen LogP contribution < -0.4 is 15.6 Å². The molecule has 0 aromatic carbocycles. The van der Waals surface area contributed by atoms with Gasteiger partial charge in [-0.3, -0.25) is 4.18 Å². The fourth-order valence-corrected chi connectivity index (χ4v) is 2.93. The summed E-state index contributed by atoms with van der Waals surface area (Å²) in [5.74, 6) is 0.171. The quantitative estimate of drug-likeness (QED) is 0.367. The molecule has 148 valence electrons. The van der Waals surface area contributed by atoms with Crippen LogP contribution in [0.5, 0.6) is 5.88 Å². The molecular formula is C13H18N6O7S. The van der Waals surface area contributed by atoms with E-state index in [1.807, 2.05) is 0 Å². The molecule has 0 saturated carbocycles. The number of hydrogen-bond donors (Lipinski definition) is 4. The molecule has 0 aliphatic carbocycles. The molecule has 27 heavy (non-hydrogen) atoms. The molecule has 0 spiro atoms. The van der Waals surface area contributed by atoms with Crippen LogP contribution in [0.3, 0.4) is 0 Å². The Labute approximate surface area is 153 Å². The van der Waals surface area contributed by atoms with E-state index in [9.17, 15) is 18.6 Å². The molecular weight excluding hydrogens is 384 g/mol. The van der Waals surface area contributed by atoms with Crippen LogP contribution in [0.4, 0.5) is 5.82 Å². The number of aliphatic hydroxyl groups excluding tert-OH is 2. The summed E-state index contributed by atoms with van der Waals surface area (Å²) in [6.07, 6.45) is -2.65. The van der Waals surface area contributed by atoms with Crippen molar-refractivity contribution in [3.8, 4) is 5.88 Å². The van der Waals surface area contributed by atoms with E-state index in [0.29, 0.717) is 0 Å². The highest BCUT2D eigenvalue weighted by atomic mass is 32.2. The number of nitrogens with zero attached hydrogens (tertiary/aromatic N) is 4. The summed E-state index contributed by atoms with van der Waals surface area (Å²) in [5, 5.41) is 29.7. The van der Waals surface area contributed by atoms with Gasteiger partial charge in [0.05, 0.1) is 6.61 Å². The highest BCUT2D eigenvalue weighted by Crippen LogP contribution is 2.35. The van der Waals surface area contributed by atoms with Crippen molar-refractivity contribution in [2.45, 2.75) is 24.5 Å². The highest BCUT2D eigenvalue weighted by Gasteiger charge is 2.45. The zero-order chi connectivity index (χ0) is 19.8. The lowest BCUT2D eigenvalue weighted by molar-refractivity contribution is -0.0530. The van der Waals surface area contributed by atoms with Crippen LogP contribution >= 0.6 is 0 Å². The van der Waals surface area contributed by atoms with E-state index in [1.54, 1.807) is 0 Å². The monoisotopic (exact) mass is 402 g/mol. The molecule has 4 atom stereocenters. The van der Waals surface area contributed by atoms with Gasteiger partial charge in [-0.2, -0.15) is 8.42 Å². The summed E-state index contributed by atoms with van der Waals surface area (Å²) in [4.78, 5) is 7.94. The van der Waals surface area contributed by atoms with Crippen molar-refractivity contribution in [2.75, 3.05) is 18.9 Å². The Morgan fingerprint density at radius 1 is 1.37 bits per heavy atom. The van der Waals surface area contributed by atoms with Crippen LogP contribution in [-0.4, -0.2) is 69.9 Å². The normalized spacial score (nSPS) is 25.7. The van der Waals surface area contributed by atoms with Gasteiger partial charge in [0.2, 0.25) is 5.88 Å². The van der Waals surface area contributed by atoms with E-state index < -0.39 is 41.5 Å². The van der Waals surface area contributed by atoms with Crippen molar-refractivity contribution in [1.82, 2.24) is 19.7 Å². The Morgan fingerprint density at radius 3 is 2.78 bits per heavy atom. The van der Waals surface area contributed by atoms with E-state index in [2.05, 4.69) is 25.8 Å². The molecule has 0 bridgehead atoms. The summed E-state index contributed by atoms with van der Waals surface area (Å²) in [6, 6.07) is 0. The Balaban J connectivity index is 1.95. The number of rotatable bonds is 7. The summed E-state index contributed by atoms with van der Waals surface area (Å²) >= 11 is 0. The van der Waals surface area contributed by atoms with E-state index in [0.717, 1.165) is 4.68 Å². The lowest BCUT2D eigenvalue weighted by Crippen LogP contribution is -2.35. The lowest BCUT2D eigenvalue weighted by atomic mass is 10.1. The second-order valence-corrected chi connectivity index (χ2v) is 6.85. The molecule has 0 radical (unpaired) electrons. The van der Waals surface area contributed by atoms with Gasteiger partial charge in [0, 0.05) is 0 Å². The van der Waals surface area contributed by atoms with Crippen LogP contribution in [0.25, 0.3) is 11.0 Å². The molecule has 13 nitrogen and oxygen atoms in total. The Bertz CT molecular complexity index is 948. The van der Waals surface area contributed by atoms with Crippen molar-refractivity contribution in [3.05, 3.63) is 19.0 Å². The molecule has 1 aliphatic rings. The lowest BCUT2D eigenvalue weighted by Gasteiger charge is -2.15. The third-order valence-electron chi connectivity index (χ3n) is 3.80. The predicted molar refractivity (Wildman–Crippen MR) is 90.4 cm³/mol. The SMILES string of the molecule is C=CCOc1nn([C@@H]2O[C@H](COS(N)(=O)=O)[C@@H](O)[C@H]2O)c2ncnc(N)c12. The van der Waals surface area contributed by atoms with E-state index in [-0.39, 0.29) is 29.3 Å². The predicted octanol–water partition coefficient (Wildman–Crippen LogP) is -2.19. The minimum absolute atomic E-state index is 0.0810. The molecule has 3 heterocycles. The molecule has 2 aromatic heterocycles. The van der Waals surface area contributed by atoms with Gasteiger partial charge < -0.3 is 25.4 Å². The fourth-order valence-electron chi connectivity index (χ4n) is 2.61. The van der Waals surface area contributed by atoms with E-state index >= 15 is 0 Å². The standard InChI is InChI=1S/C13H18N6O7S/c1-2-3-24-12-7-10(14)16-5-17-11(7)19(18-12)13-9(21)8(20)6(26-13)4-25-27(15,22)23/h2,5-6,8-9,13,20-21H,1,3-4H2,(H2,14,16,17)(H2,15,22,23)/t6-,8-,9-,13-/m1/s1. The smallest absolute Gasteiger partial charge is 0.333 e. The molecule has 3 rings (SSSR count). The summed E-state index contributed by atoms with van der Waals surface area (Å²) in [6.45, 7) is 3.08. The maximum absolute atomic E-state index is 10.9. The second-order valence-electron chi connectivity index (χ2n) is 5.63. The number of ether oxygens (including phenoxy) is 2. The van der Waals surface area contributed by atoms with Gasteiger partial charge in [0.1, 0.15) is 42.5 Å². The number of hydrogen-bond acceptors (Lipinski definition) is 11. The number of fused-ring (bicyclic) bond motifs is 1. The zero-order valence-electron chi connectivity index (χ0n) is 13.9. The largest absolute Gasteiger partial charge is 0.472 e. The summed E-state index contributed by atoms with van der Waals surface area (Å²) in [7, 11) is -4.24. The molecule has 0 unspecified atom stereocenters. The average Bonchev–Trinajstić information content (AvgIpc) is 3.10. The zero-order valence-corrected chi connectivity index (χ0v) is 14.7. The van der Waals surface area contributed by atoms with Crippen molar-refractivity contribution in [3.63, 3.8) is 0 Å². The first-order valence-electron chi connectivity index (χ1n) is 7.64. The Hall–Kier alpha value is -2.36. The number of aromatic nitrogens is 4. The van der Waals surface area contributed by atoms with Gasteiger partial charge in [-0.25, -0.2) is 19.8 Å². The van der Waals surface area contributed by atoms with Crippen molar-refractivity contribution in [2.24, 2.45) is 5.14 Å². The Kier molecular flexibility index (Phi) is 5.27. The van der Waals surface area contributed by atoms with Crippen LogP contribution in [-0.2, 0) is 19.2 Å². The van der Waals surface area contributed by atoms with Crippen LogP contribution in [0.1, 0.15) is 6.23 Å². The minimum atomic E-state index is -4.24. The van der Waals surface area contributed by atoms with Gasteiger partial charge in [0.15, 0.2) is 11.9 Å². The maximum Gasteiger partial charge on any atom is 0.333 e. The molecule has 14 heteroatoms. The number of anilines is 1. The van der Waals surface area contributed by atoms with Crippen LogP contribution in [0.15, 0.2) is 19.0 Å². The number of nitrogen functional groups attached to an aromatic ring is 1. The molecule has 6 N–H and O–H groups in total. The van der Waals surface area contributed by atoms with Gasteiger partial charge in [-0.05, 0) is 0 Å². The molecule has 0 amide bonds. The first-order chi connectivity index (χ1) is 12.7. The second kappa shape index (κ2) is 7.34. The summed E-state index contributed by atoms with van der Waals surface area (Å²) in [5.41, 5.74) is 6.05. The first-order valence-corrected chi connectivity index (χ1v) is 9.11. The molecule has 1 aliphatic heterocycles. The molecule has 2 aromatic rings. The van der Waals surface area contributed by atoms with Crippen LogP contribution in [0.2, 0.25) is 0 Å². The van der Waals surface area contributed by atoms with Gasteiger partial charge in [-0.15, -0.1) is 5.10 Å². The van der Waals surface area contributed by atoms with Gasteiger partial charge in [0.25, 0.3) is 0 Å². The summed E-state index contributed by atoms with van der Waals surface area (Å²) < 4.78 is 38.4. The Morgan fingerprint density at radius 2 is 2.11 bits per heavy atom. The van der Waals surface area contributed by atoms with E-state index in [1.165, 1.54) is 12.4 Å². The topological polar surface area (TPSA) is 198 Å². The third kappa shape index (κ3) is 3.85. The van der Waals surface area contributed by atoms with Crippen molar-refractivity contribution in [1.29, 1.82) is 0 Å². The molecule has 1 fully saturated rings. The van der Waals surface area contributed by atoms with Crippen LogP contribution in [0, 0.1) is 0 Å². The first kappa shape index (κ1) is 19.4. The van der Waals surface area contributed by atoms with E-state index in [4.69, 9.17) is 20.3 Å². The number of aliphatic hydroxyl groups is 2. The highest BCUT2D eigenvalue weighted by molar-refractivity contribution is 7.84. The number of nitrogens with two attached hydrogens (primary N) is 2. The van der Waals surface area contributed by atoms with Crippen molar-refractivity contribution < 1.29 is 32.3 Å². The third-order valence-corrected chi connectivity index (χ3v) is 4.26. The maximum atomic E-state index is 10.9. The molecule has 1 saturated heterocycles. The van der Waals surface area contributed by atoms with Gasteiger partial charge in [-0.1, -0.05) is 12.7 Å². The van der Waals surface area contributed by atoms with Crippen molar-refractivity contribution >= 4 is 27.2 Å². The van der Waals surface area contributed by atoms with Gasteiger partial charge >= 0.3 is 10.3 Å². The minimum Gasteiger partial charge on any atom is -0.472 e. The average molecular weight is 402 g/mol. The fraction of sp³-hybridized carbons (Fsp3) is 0.462.